The first-order chi connectivity index (χ1) is 10.9. The van der Waals surface area contributed by atoms with Crippen LogP contribution in [-0.4, -0.2) is 19.5 Å². The first-order valence-corrected chi connectivity index (χ1v) is 8.28. The van der Waals surface area contributed by atoms with E-state index >= 15 is 0 Å². The Morgan fingerprint density at radius 1 is 1.13 bits per heavy atom. The molecule has 0 aliphatic carbocycles. The minimum atomic E-state index is -3.82. The Morgan fingerprint density at radius 2 is 1.87 bits per heavy atom. The number of hydrogen-bond donors (Lipinski definition) is 3. The van der Waals surface area contributed by atoms with Crippen molar-refractivity contribution in [2.75, 3.05) is 4.72 Å². The molecule has 2 aromatic rings. The molecule has 120 valence electrons. The van der Waals surface area contributed by atoms with E-state index in [4.69, 9.17) is 16.8 Å². The van der Waals surface area contributed by atoms with Crippen molar-refractivity contribution in [1.82, 2.24) is 5.48 Å². The normalized spacial score (nSPS) is 11.4. The van der Waals surface area contributed by atoms with E-state index in [1.807, 2.05) is 0 Å². The molecule has 0 saturated heterocycles. The molecule has 0 spiro atoms. The number of carbonyl (C=O) groups is 1. The van der Waals surface area contributed by atoms with Gasteiger partial charge in [0.25, 0.3) is 15.9 Å². The van der Waals surface area contributed by atoms with Gasteiger partial charge in [-0.15, -0.1) is 0 Å². The lowest BCUT2D eigenvalue weighted by Gasteiger charge is -2.10. The van der Waals surface area contributed by atoms with Gasteiger partial charge in [-0.3, -0.25) is 14.7 Å². The lowest BCUT2D eigenvalue weighted by atomic mass is 10.2. The van der Waals surface area contributed by atoms with E-state index in [0.29, 0.717) is 5.56 Å². The zero-order valence-corrected chi connectivity index (χ0v) is 13.3. The summed E-state index contributed by atoms with van der Waals surface area (Å²) >= 11 is 5.94. The van der Waals surface area contributed by atoms with Crippen molar-refractivity contribution in [2.24, 2.45) is 0 Å². The van der Waals surface area contributed by atoms with Crippen LogP contribution in [0.25, 0.3) is 6.08 Å². The summed E-state index contributed by atoms with van der Waals surface area (Å²) in [5, 5.41) is 8.70. The highest BCUT2D eigenvalue weighted by atomic mass is 35.5. The average molecular weight is 353 g/mol. The molecule has 6 nitrogen and oxygen atoms in total. The van der Waals surface area contributed by atoms with Crippen molar-refractivity contribution in [3.63, 3.8) is 0 Å². The Hall–Kier alpha value is -2.35. The molecular formula is C15H13ClN2O4S. The van der Waals surface area contributed by atoms with Gasteiger partial charge in [0.05, 0.1) is 15.6 Å². The topological polar surface area (TPSA) is 95.5 Å². The minimum absolute atomic E-state index is 0.0176. The smallest absolute Gasteiger partial charge is 0.267 e. The van der Waals surface area contributed by atoms with Crippen molar-refractivity contribution in [3.05, 3.63) is 65.2 Å². The summed E-state index contributed by atoms with van der Waals surface area (Å²) in [5.74, 6) is -0.715. The molecule has 0 heterocycles. The second-order valence-corrected chi connectivity index (χ2v) is 6.56. The fraction of sp³-hybridized carbons (Fsp3) is 0. The van der Waals surface area contributed by atoms with Gasteiger partial charge in [-0.25, -0.2) is 13.9 Å². The second kappa shape index (κ2) is 7.28. The van der Waals surface area contributed by atoms with Gasteiger partial charge in [-0.05, 0) is 35.9 Å². The van der Waals surface area contributed by atoms with E-state index in [-0.39, 0.29) is 15.6 Å². The number of anilines is 1. The number of sulfonamides is 1. The number of para-hydroxylation sites is 1. The monoisotopic (exact) mass is 352 g/mol. The van der Waals surface area contributed by atoms with Gasteiger partial charge in [-0.1, -0.05) is 35.9 Å². The van der Waals surface area contributed by atoms with Crippen LogP contribution in [0.15, 0.2) is 59.5 Å². The molecule has 0 aliphatic rings. The summed E-state index contributed by atoms with van der Waals surface area (Å²) in [4.78, 5) is 11.0. The van der Waals surface area contributed by atoms with Crippen molar-refractivity contribution in [3.8, 4) is 0 Å². The third kappa shape index (κ3) is 4.56. The number of amides is 1. The van der Waals surface area contributed by atoms with Crippen LogP contribution in [0.1, 0.15) is 5.56 Å². The number of halogens is 1. The molecule has 0 atom stereocenters. The summed E-state index contributed by atoms with van der Waals surface area (Å²) < 4.78 is 27.2. The third-order valence-corrected chi connectivity index (χ3v) is 4.52. The van der Waals surface area contributed by atoms with Crippen molar-refractivity contribution >= 4 is 39.3 Å². The summed E-state index contributed by atoms with van der Waals surface area (Å²) in [6, 6.07) is 12.5. The lowest BCUT2D eigenvalue weighted by Crippen LogP contribution is -2.15. The summed E-state index contributed by atoms with van der Waals surface area (Å²) in [7, 11) is -3.82. The predicted octanol–water partition coefficient (Wildman–Crippen LogP) is 2.66. The molecule has 2 rings (SSSR count). The number of benzene rings is 2. The molecule has 2 aromatic carbocycles. The first-order valence-electron chi connectivity index (χ1n) is 6.42. The molecule has 23 heavy (non-hydrogen) atoms. The van der Waals surface area contributed by atoms with Gasteiger partial charge in [0.1, 0.15) is 0 Å². The van der Waals surface area contributed by atoms with Crippen LogP contribution in [0.2, 0.25) is 5.02 Å². The molecule has 0 fully saturated rings. The molecule has 1 amide bonds. The van der Waals surface area contributed by atoms with Crippen LogP contribution in [0.3, 0.4) is 0 Å². The number of hydroxylamine groups is 1. The maximum Gasteiger partial charge on any atom is 0.267 e. The van der Waals surface area contributed by atoms with Crippen LogP contribution in [0.5, 0.6) is 0 Å². The molecule has 0 radical (unpaired) electrons. The lowest BCUT2D eigenvalue weighted by molar-refractivity contribution is -0.124. The van der Waals surface area contributed by atoms with Gasteiger partial charge in [0.15, 0.2) is 0 Å². The highest BCUT2D eigenvalue weighted by Gasteiger charge is 2.15. The zero-order chi connectivity index (χ0) is 16.9. The quantitative estimate of drug-likeness (QED) is 0.438. The molecule has 0 aromatic heterocycles. The van der Waals surface area contributed by atoms with Crippen molar-refractivity contribution in [1.29, 1.82) is 0 Å². The maximum absolute atomic E-state index is 12.4. The van der Waals surface area contributed by atoms with Crippen molar-refractivity contribution < 1.29 is 18.4 Å². The highest BCUT2D eigenvalue weighted by Crippen LogP contribution is 2.24. The molecular weight excluding hydrogens is 340 g/mol. The maximum atomic E-state index is 12.4. The Kier molecular flexibility index (Phi) is 5.38. The SMILES string of the molecule is O=C(/C=C/c1cccc(S(=O)(=O)Nc2ccccc2Cl)c1)NO. The molecule has 0 bridgehead atoms. The van der Waals surface area contributed by atoms with Gasteiger partial charge >= 0.3 is 0 Å². The number of hydrogen-bond acceptors (Lipinski definition) is 4. The van der Waals surface area contributed by atoms with Crippen LogP contribution in [0, 0.1) is 0 Å². The predicted molar refractivity (Wildman–Crippen MR) is 87.7 cm³/mol. The van der Waals surface area contributed by atoms with Gasteiger partial charge < -0.3 is 0 Å². The van der Waals surface area contributed by atoms with Crippen LogP contribution in [0.4, 0.5) is 5.69 Å². The van der Waals surface area contributed by atoms with Crippen LogP contribution >= 0.6 is 11.6 Å². The standard InChI is InChI=1S/C15H13ClN2O4S/c16-13-6-1-2-7-14(13)18-23(21,22)12-5-3-4-11(10-12)8-9-15(19)17-20/h1-10,18,20H,(H,17,19)/b9-8+. The van der Waals surface area contributed by atoms with E-state index in [1.54, 1.807) is 30.3 Å². The molecule has 0 aliphatic heterocycles. The molecule has 0 unspecified atom stereocenters. The molecule has 3 N–H and O–H groups in total. The Morgan fingerprint density at radius 3 is 2.57 bits per heavy atom. The molecule has 8 heteroatoms. The average Bonchev–Trinajstić information content (AvgIpc) is 2.55. The first kappa shape index (κ1) is 17.0. The molecule has 0 saturated carbocycles. The summed E-state index contributed by atoms with van der Waals surface area (Å²) in [5.41, 5.74) is 2.20. The van der Waals surface area contributed by atoms with Gasteiger partial charge in [0, 0.05) is 6.08 Å². The number of nitrogens with one attached hydrogen (secondary N) is 2. The van der Waals surface area contributed by atoms with Gasteiger partial charge in [0.2, 0.25) is 0 Å². The Balaban J connectivity index is 2.28. The van der Waals surface area contributed by atoms with E-state index in [0.717, 1.165) is 6.08 Å². The van der Waals surface area contributed by atoms with E-state index in [1.165, 1.54) is 29.8 Å². The summed E-state index contributed by atoms with van der Waals surface area (Å²) in [6.07, 6.45) is 2.45. The van der Waals surface area contributed by atoms with Gasteiger partial charge in [-0.2, -0.15) is 0 Å². The second-order valence-electron chi connectivity index (χ2n) is 4.47. The zero-order valence-electron chi connectivity index (χ0n) is 11.7. The van der Waals surface area contributed by atoms with E-state index in [9.17, 15) is 13.2 Å². The van der Waals surface area contributed by atoms with Crippen molar-refractivity contribution in [2.45, 2.75) is 4.90 Å². The number of rotatable bonds is 5. The minimum Gasteiger partial charge on any atom is -0.288 e. The Labute approximate surface area is 138 Å². The largest absolute Gasteiger partial charge is 0.288 e. The van der Waals surface area contributed by atoms with E-state index in [2.05, 4.69) is 4.72 Å². The highest BCUT2D eigenvalue weighted by molar-refractivity contribution is 7.92. The number of carbonyl (C=O) groups excluding carboxylic acids is 1. The Bertz CT molecular complexity index is 850. The van der Waals surface area contributed by atoms with E-state index < -0.39 is 15.9 Å². The van der Waals surface area contributed by atoms with Crippen LogP contribution < -0.4 is 10.2 Å². The fourth-order valence-electron chi connectivity index (χ4n) is 1.74. The third-order valence-electron chi connectivity index (χ3n) is 2.82. The van der Waals surface area contributed by atoms with Crippen LogP contribution in [-0.2, 0) is 14.8 Å². The fourth-order valence-corrected chi connectivity index (χ4v) is 3.12. The summed E-state index contributed by atoms with van der Waals surface area (Å²) in [6.45, 7) is 0.